The van der Waals surface area contributed by atoms with Gasteiger partial charge in [0, 0.05) is 11.3 Å². The molecule has 30 heavy (non-hydrogen) atoms. The molecule has 0 spiro atoms. The van der Waals surface area contributed by atoms with Crippen LogP contribution in [0.15, 0.2) is 59.8 Å². The first-order chi connectivity index (χ1) is 14.2. The molecule has 1 aromatic heterocycles. The van der Waals surface area contributed by atoms with Crippen molar-refractivity contribution in [1.82, 2.24) is 9.97 Å². The van der Waals surface area contributed by atoms with Crippen molar-refractivity contribution in [2.24, 2.45) is 0 Å². The van der Waals surface area contributed by atoms with Crippen LogP contribution in [0.25, 0.3) is 11.3 Å². The van der Waals surface area contributed by atoms with E-state index in [2.05, 4.69) is 15.3 Å². The van der Waals surface area contributed by atoms with Gasteiger partial charge in [-0.25, -0.2) is 14.4 Å². The minimum absolute atomic E-state index is 0.0708. The van der Waals surface area contributed by atoms with E-state index in [1.807, 2.05) is 0 Å². The van der Waals surface area contributed by atoms with Gasteiger partial charge in [-0.2, -0.15) is 13.2 Å². The predicted molar refractivity (Wildman–Crippen MR) is 105 cm³/mol. The molecule has 1 amide bonds. The number of halogens is 4. The minimum Gasteiger partial charge on any atom is -0.497 e. The summed E-state index contributed by atoms with van der Waals surface area (Å²) in [5.74, 6) is -0.610. The highest BCUT2D eigenvalue weighted by Crippen LogP contribution is 2.32. The number of amides is 1. The van der Waals surface area contributed by atoms with Crippen molar-refractivity contribution < 1.29 is 27.1 Å². The summed E-state index contributed by atoms with van der Waals surface area (Å²) in [6.45, 7) is 0. The van der Waals surface area contributed by atoms with Crippen LogP contribution in [-0.2, 0) is 11.0 Å². The van der Waals surface area contributed by atoms with Crippen LogP contribution in [0.1, 0.15) is 5.69 Å². The Kier molecular flexibility index (Phi) is 6.56. The van der Waals surface area contributed by atoms with Crippen molar-refractivity contribution in [3.05, 3.63) is 66.1 Å². The number of hydrogen-bond donors (Lipinski definition) is 1. The number of carbonyl (C=O) groups is 1. The first-order valence-corrected chi connectivity index (χ1v) is 9.52. The molecule has 0 fully saturated rings. The Balaban J connectivity index is 1.79. The fraction of sp³-hybridized carbons (Fsp3) is 0.150. The Morgan fingerprint density at radius 1 is 1.07 bits per heavy atom. The molecule has 2 aromatic carbocycles. The lowest BCUT2D eigenvalue weighted by Gasteiger charge is -2.11. The molecule has 1 heterocycles. The van der Waals surface area contributed by atoms with Crippen LogP contribution in [0.2, 0.25) is 0 Å². The standard InChI is InChI=1S/C20H15F4N3O2S/c1-29-15-8-2-12(3-9-15)16-10-17(20(22,23)24)27-19(26-16)30-11-18(28)25-14-6-4-13(21)5-7-14/h2-10H,11H2,1H3,(H,25,28). The highest BCUT2D eigenvalue weighted by molar-refractivity contribution is 7.99. The lowest BCUT2D eigenvalue weighted by Crippen LogP contribution is -2.15. The number of anilines is 1. The minimum atomic E-state index is -4.67. The van der Waals surface area contributed by atoms with E-state index in [1.54, 1.807) is 24.3 Å². The van der Waals surface area contributed by atoms with Crippen molar-refractivity contribution in [2.45, 2.75) is 11.3 Å². The molecule has 0 aliphatic rings. The van der Waals surface area contributed by atoms with Crippen LogP contribution in [0.5, 0.6) is 5.75 Å². The number of alkyl halides is 3. The normalized spacial score (nSPS) is 11.2. The van der Waals surface area contributed by atoms with Gasteiger partial charge in [0.25, 0.3) is 0 Å². The quantitative estimate of drug-likeness (QED) is 0.333. The van der Waals surface area contributed by atoms with Gasteiger partial charge in [0.05, 0.1) is 18.6 Å². The van der Waals surface area contributed by atoms with Gasteiger partial charge in [-0.3, -0.25) is 4.79 Å². The zero-order valence-corrected chi connectivity index (χ0v) is 16.4. The molecule has 1 N–H and O–H groups in total. The van der Waals surface area contributed by atoms with Gasteiger partial charge in [0.15, 0.2) is 5.16 Å². The number of ether oxygens (including phenoxy) is 1. The van der Waals surface area contributed by atoms with Crippen molar-refractivity contribution >= 4 is 23.4 Å². The van der Waals surface area contributed by atoms with E-state index in [9.17, 15) is 22.4 Å². The largest absolute Gasteiger partial charge is 0.497 e. The van der Waals surface area contributed by atoms with Crippen LogP contribution in [0, 0.1) is 5.82 Å². The number of aromatic nitrogens is 2. The number of thioether (sulfide) groups is 1. The summed E-state index contributed by atoms with van der Waals surface area (Å²) in [6.07, 6.45) is -4.67. The fourth-order valence-corrected chi connectivity index (χ4v) is 3.06. The summed E-state index contributed by atoms with van der Waals surface area (Å²) < 4.78 is 57.8. The summed E-state index contributed by atoms with van der Waals surface area (Å²) in [7, 11) is 1.48. The van der Waals surface area contributed by atoms with E-state index >= 15 is 0 Å². The average Bonchev–Trinajstić information content (AvgIpc) is 2.73. The fourth-order valence-electron chi connectivity index (χ4n) is 2.40. The lowest BCUT2D eigenvalue weighted by atomic mass is 10.1. The molecular weight excluding hydrogens is 422 g/mol. The van der Waals surface area contributed by atoms with E-state index in [4.69, 9.17) is 4.74 Å². The van der Waals surface area contributed by atoms with Crippen molar-refractivity contribution in [3.63, 3.8) is 0 Å². The molecule has 156 valence electrons. The van der Waals surface area contributed by atoms with Gasteiger partial charge >= 0.3 is 6.18 Å². The Labute approximate surface area is 173 Å². The lowest BCUT2D eigenvalue weighted by molar-refractivity contribution is -0.141. The highest BCUT2D eigenvalue weighted by atomic mass is 32.2. The molecule has 0 atom stereocenters. The smallest absolute Gasteiger partial charge is 0.433 e. The molecule has 3 aromatic rings. The molecule has 0 saturated carbocycles. The summed E-state index contributed by atoms with van der Waals surface area (Å²) >= 11 is 0.765. The van der Waals surface area contributed by atoms with Gasteiger partial charge < -0.3 is 10.1 Å². The second kappa shape index (κ2) is 9.12. The van der Waals surface area contributed by atoms with Gasteiger partial charge in [-0.15, -0.1) is 0 Å². The van der Waals surface area contributed by atoms with E-state index in [-0.39, 0.29) is 16.6 Å². The summed E-state index contributed by atoms with van der Waals surface area (Å²) in [4.78, 5) is 19.7. The maximum Gasteiger partial charge on any atom is 0.433 e. The number of nitrogens with one attached hydrogen (secondary N) is 1. The monoisotopic (exact) mass is 437 g/mol. The van der Waals surface area contributed by atoms with Gasteiger partial charge in [0.1, 0.15) is 17.3 Å². The van der Waals surface area contributed by atoms with Crippen LogP contribution >= 0.6 is 11.8 Å². The second-order valence-electron chi connectivity index (χ2n) is 5.99. The first-order valence-electron chi connectivity index (χ1n) is 8.53. The van der Waals surface area contributed by atoms with E-state index < -0.39 is 23.6 Å². The Morgan fingerprint density at radius 2 is 1.73 bits per heavy atom. The number of benzene rings is 2. The molecular formula is C20H15F4N3O2S. The number of rotatable bonds is 6. The average molecular weight is 437 g/mol. The SMILES string of the molecule is COc1ccc(-c2cc(C(F)(F)F)nc(SCC(=O)Nc3ccc(F)cc3)n2)cc1. The number of methoxy groups -OCH3 is 1. The molecule has 3 rings (SSSR count). The van der Waals surface area contributed by atoms with E-state index in [1.165, 1.54) is 31.4 Å². The van der Waals surface area contributed by atoms with E-state index in [0.717, 1.165) is 17.8 Å². The van der Waals surface area contributed by atoms with Crippen LogP contribution in [0.3, 0.4) is 0 Å². The maximum atomic E-state index is 13.3. The molecule has 0 saturated heterocycles. The van der Waals surface area contributed by atoms with Crippen molar-refractivity contribution in [2.75, 3.05) is 18.2 Å². The summed E-state index contributed by atoms with van der Waals surface area (Å²) in [6, 6.07) is 12.3. The van der Waals surface area contributed by atoms with Crippen molar-refractivity contribution in [1.29, 1.82) is 0 Å². The summed E-state index contributed by atoms with van der Waals surface area (Å²) in [5, 5.41) is 2.34. The molecule has 0 aliphatic carbocycles. The molecule has 0 aliphatic heterocycles. The Hall–Kier alpha value is -3.14. The third-order valence-corrected chi connectivity index (χ3v) is 4.69. The summed E-state index contributed by atoms with van der Waals surface area (Å²) in [5.41, 5.74) is -0.224. The van der Waals surface area contributed by atoms with Crippen LogP contribution < -0.4 is 10.1 Å². The predicted octanol–water partition coefficient (Wildman–Crippen LogP) is 5.04. The molecule has 0 bridgehead atoms. The molecule has 5 nitrogen and oxygen atoms in total. The second-order valence-corrected chi connectivity index (χ2v) is 6.93. The zero-order chi connectivity index (χ0) is 21.7. The third-order valence-electron chi connectivity index (χ3n) is 3.84. The highest BCUT2D eigenvalue weighted by Gasteiger charge is 2.34. The van der Waals surface area contributed by atoms with Crippen molar-refractivity contribution in [3.8, 4) is 17.0 Å². The Morgan fingerprint density at radius 3 is 2.33 bits per heavy atom. The van der Waals surface area contributed by atoms with Gasteiger partial charge in [-0.05, 0) is 54.6 Å². The topological polar surface area (TPSA) is 64.1 Å². The van der Waals surface area contributed by atoms with E-state index in [0.29, 0.717) is 17.0 Å². The third kappa shape index (κ3) is 5.69. The molecule has 10 heteroatoms. The van der Waals surface area contributed by atoms with Gasteiger partial charge in [-0.1, -0.05) is 11.8 Å². The van der Waals surface area contributed by atoms with Gasteiger partial charge in [0.2, 0.25) is 5.91 Å². The molecule has 0 radical (unpaired) electrons. The van der Waals surface area contributed by atoms with Crippen LogP contribution in [-0.4, -0.2) is 28.7 Å². The number of hydrogen-bond acceptors (Lipinski definition) is 5. The zero-order valence-electron chi connectivity index (χ0n) is 15.5. The number of nitrogens with zero attached hydrogens (tertiary/aromatic N) is 2. The first kappa shape index (κ1) is 21.6. The van der Waals surface area contributed by atoms with Crippen LogP contribution in [0.4, 0.5) is 23.2 Å². The Bertz CT molecular complexity index is 1030. The molecule has 0 unspecified atom stereocenters. The number of carbonyl (C=O) groups excluding carboxylic acids is 1. The maximum absolute atomic E-state index is 13.3.